The highest BCUT2D eigenvalue weighted by molar-refractivity contribution is 7.98. The summed E-state index contributed by atoms with van der Waals surface area (Å²) in [5.74, 6) is 1.48. The second-order valence-electron chi connectivity index (χ2n) is 4.43. The molecule has 0 saturated heterocycles. The first-order valence-electron chi connectivity index (χ1n) is 6.21. The van der Waals surface area contributed by atoms with E-state index < -0.39 is 0 Å². The summed E-state index contributed by atoms with van der Waals surface area (Å²) in [7, 11) is 0. The first kappa shape index (κ1) is 13.3. The van der Waals surface area contributed by atoms with Crippen LogP contribution in [0.25, 0.3) is 0 Å². The van der Waals surface area contributed by atoms with Crippen molar-refractivity contribution in [2.75, 3.05) is 5.32 Å². The molecule has 4 nitrogen and oxygen atoms in total. The van der Waals surface area contributed by atoms with Crippen LogP contribution in [0.3, 0.4) is 0 Å². The summed E-state index contributed by atoms with van der Waals surface area (Å²) >= 11 is 7.27. The zero-order chi connectivity index (χ0) is 13.9. The minimum absolute atomic E-state index is 0.164. The van der Waals surface area contributed by atoms with Gasteiger partial charge in [0.1, 0.15) is 5.82 Å². The van der Waals surface area contributed by atoms with Gasteiger partial charge < -0.3 is 10.6 Å². The molecule has 1 aromatic carbocycles. The monoisotopic (exact) mass is 304 g/mol. The maximum absolute atomic E-state index is 5.91. The van der Waals surface area contributed by atoms with E-state index in [1.165, 1.54) is 17.5 Å². The van der Waals surface area contributed by atoms with Gasteiger partial charge in [-0.3, -0.25) is 0 Å². The minimum atomic E-state index is 0.164. The maximum atomic E-state index is 5.91. The second-order valence-corrected chi connectivity index (χ2v) is 5.67. The Morgan fingerprint density at radius 1 is 1.30 bits per heavy atom. The molecule has 3 rings (SSSR count). The normalized spacial score (nSPS) is 14.8. The van der Waals surface area contributed by atoms with Crippen molar-refractivity contribution in [3.63, 3.8) is 0 Å². The Morgan fingerprint density at radius 2 is 2.10 bits per heavy atom. The predicted molar refractivity (Wildman–Crippen MR) is 84.2 cm³/mol. The van der Waals surface area contributed by atoms with Crippen LogP contribution in [-0.4, -0.2) is 10.9 Å². The molecule has 2 heterocycles. The van der Waals surface area contributed by atoms with Crippen molar-refractivity contribution in [2.24, 2.45) is 4.40 Å². The van der Waals surface area contributed by atoms with Crippen LogP contribution in [0.15, 0.2) is 51.9 Å². The number of anilines is 1. The molecule has 6 heteroatoms. The smallest absolute Gasteiger partial charge is 0.209 e. The van der Waals surface area contributed by atoms with Gasteiger partial charge in [-0.25, -0.2) is 4.98 Å². The lowest BCUT2D eigenvalue weighted by Gasteiger charge is -2.21. The molecule has 0 amide bonds. The van der Waals surface area contributed by atoms with Crippen molar-refractivity contribution in [3.8, 4) is 0 Å². The van der Waals surface area contributed by atoms with Gasteiger partial charge in [0.25, 0.3) is 0 Å². The Balaban J connectivity index is 1.71. The lowest BCUT2D eigenvalue weighted by atomic mass is 10.1. The van der Waals surface area contributed by atoms with Gasteiger partial charge in [-0.1, -0.05) is 41.9 Å². The first-order valence-corrected chi connectivity index (χ1v) is 7.36. The minimum Gasteiger partial charge on any atom is -0.349 e. The standard InChI is InChI=1S/C14H13ClN4S/c1-9(10-5-3-2-4-6-10)17-14-18-13-12(20-19-14)7-11(15)8-16-13/h2-9H,1H3,(H2,16,17,18,19)/t9-/m1/s1. The van der Waals surface area contributed by atoms with Crippen LogP contribution in [0.2, 0.25) is 5.02 Å². The first-order chi connectivity index (χ1) is 9.72. The SMILES string of the molecule is C[C@@H](NC1=NSc2cc(Cl)cnc2N1)c1ccccc1. The van der Waals surface area contributed by atoms with Crippen LogP contribution in [0.4, 0.5) is 5.82 Å². The van der Waals surface area contributed by atoms with Crippen molar-refractivity contribution >= 4 is 35.3 Å². The van der Waals surface area contributed by atoms with Crippen molar-refractivity contribution in [2.45, 2.75) is 17.9 Å². The Morgan fingerprint density at radius 3 is 2.90 bits per heavy atom. The zero-order valence-electron chi connectivity index (χ0n) is 10.8. The fourth-order valence-corrected chi connectivity index (χ4v) is 2.79. The summed E-state index contributed by atoms with van der Waals surface area (Å²) in [5, 5.41) is 7.12. The third kappa shape index (κ3) is 2.89. The van der Waals surface area contributed by atoms with E-state index in [-0.39, 0.29) is 6.04 Å². The molecule has 0 radical (unpaired) electrons. The van der Waals surface area contributed by atoms with E-state index in [0.717, 1.165) is 10.7 Å². The predicted octanol–water partition coefficient (Wildman–Crippen LogP) is 3.87. The fourth-order valence-electron chi connectivity index (χ4n) is 1.91. The van der Waals surface area contributed by atoms with Gasteiger partial charge in [-0.15, -0.1) is 0 Å². The molecule has 20 heavy (non-hydrogen) atoms. The number of rotatable bonds is 2. The number of hydrogen-bond donors (Lipinski definition) is 2. The molecule has 102 valence electrons. The van der Waals surface area contributed by atoms with Crippen molar-refractivity contribution < 1.29 is 0 Å². The van der Waals surface area contributed by atoms with Gasteiger partial charge >= 0.3 is 0 Å². The molecule has 1 atom stereocenters. The van der Waals surface area contributed by atoms with Gasteiger partial charge in [0.15, 0.2) is 0 Å². The molecule has 0 unspecified atom stereocenters. The van der Waals surface area contributed by atoms with Gasteiger partial charge in [-0.05, 0) is 18.6 Å². The van der Waals surface area contributed by atoms with Crippen LogP contribution < -0.4 is 10.6 Å². The lowest BCUT2D eigenvalue weighted by molar-refractivity contribution is 0.716. The lowest BCUT2D eigenvalue weighted by Crippen LogP contribution is -2.34. The molecule has 2 N–H and O–H groups in total. The van der Waals surface area contributed by atoms with E-state index in [9.17, 15) is 0 Å². The molecular weight excluding hydrogens is 292 g/mol. The third-order valence-corrected chi connectivity index (χ3v) is 3.93. The van der Waals surface area contributed by atoms with Crippen LogP contribution in [0.1, 0.15) is 18.5 Å². The molecule has 0 fully saturated rings. The molecule has 2 aromatic rings. The van der Waals surface area contributed by atoms with Gasteiger partial charge in [0, 0.05) is 18.1 Å². The largest absolute Gasteiger partial charge is 0.349 e. The van der Waals surface area contributed by atoms with E-state index in [1.807, 2.05) is 24.3 Å². The number of pyridine rings is 1. The van der Waals surface area contributed by atoms with Crippen LogP contribution >= 0.6 is 23.5 Å². The highest BCUT2D eigenvalue weighted by atomic mass is 35.5. The van der Waals surface area contributed by atoms with E-state index in [4.69, 9.17) is 11.6 Å². The van der Waals surface area contributed by atoms with E-state index >= 15 is 0 Å². The van der Waals surface area contributed by atoms with Gasteiger partial charge in [-0.2, -0.15) is 4.40 Å². The number of guanidine groups is 1. The van der Waals surface area contributed by atoms with Crippen molar-refractivity contribution in [3.05, 3.63) is 53.2 Å². The number of nitrogens with zero attached hydrogens (tertiary/aromatic N) is 2. The Kier molecular flexibility index (Phi) is 3.80. The number of nitrogens with one attached hydrogen (secondary N) is 2. The second kappa shape index (κ2) is 5.73. The van der Waals surface area contributed by atoms with Crippen LogP contribution in [0, 0.1) is 0 Å². The van der Waals surface area contributed by atoms with E-state index in [0.29, 0.717) is 11.0 Å². The number of benzene rings is 1. The topological polar surface area (TPSA) is 49.3 Å². The number of aromatic nitrogens is 1. The van der Waals surface area contributed by atoms with Gasteiger partial charge in [0.05, 0.1) is 16.0 Å². The molecule has 1 aliphatic rings. The number of fused-ring (bicyclic) bond motifs is 1. The zero-order valence-corrected chi connectivity index (χ0v) is 12.4. The van der Waals surface area contributed by atoms with Gasteiger partial charge in [0.2, 0.25) is 5.96 Å². The molecular formula is C14H13ClN4S. The number of hydrogen-bond acceptors (Lipinski definition) is 5. The summed E-state index contributed by atoms with van der Waals surface area (Å²) in [6.07, 6.45) is 1.62. The molecule has 0 aliphatic carbocycles. The molecule has 1 aromatic heterocycles. The average molecular weight is 305 g/mol. The summed E-state index contributed by atoms with van der Waals surface area (Å²) < 4.78 is 4.39. The highest BCUT2D eigenvalue weighted by Gasteiger charge is 2.16. The molecule has 0 bridgehead atoms. The summed E-state index contributed by atoms with van der Waals surface area (Å²) in [5.41, 5.74) is 1.21. The average Bonchev–Trinajstić information content (AvgIpc) is 2.48. The highest BCUT2D eigenvalue weighted by Crippen LogP contribution is 2.32. The van der Waals surface area contributed by atoms with Crippen LogP contribution in [0.5, 0.6) is 0 Å². The van der Waals surface area contributed by atoms with E-state index in [1.54, 1.807) is 6.20 Å². The van der Waals surface area contributed by atoms with Crippen molar-refractivity contribution in [1.29, 1.82) is 0 Å². The Labute approximate surface area is 126 Å². The molecule has 1 aliphatic heterocycles. The third-order valence-electron chi connectivity index (χ3n) is 2.94. The van der Waals surface area contributed by atoms with Crippen molar-refractivity contribution in [1.82, 2.24) is 10.3 Å². The Bertz CT molecular complexity index is 645. The summed E-state index contributed by atoms with van der Waals surface area (Å²) in [6.45, 7) is 2.09. The number of halogens is 1. The Hall–Kier alpha value is -1.72. The maximum Gasteiger partial charge on any atom is 0.209 e. The fraction of sp³-hybridized carbons (Fsp3) is 0.143. The quantitative estimate of drug-likeness (QED) is 0.827. The summed E-state index contributed by atoms with van der Waals surface area (Å²) in [4.78, 5) is 5.19. The summed E-state index contributed by atoms with van der Waals surface area (Å²) in [6, 6.07) is 12.2. The molecule has 0 spiro atoms. The molecule has 0 saturated carbocycles. The van der Waals surface area contributed by atoms with Crippen LogP contribution in [-0.2, 0) is 0 Å². The van der Waals surface area contributed by atoms with E-state index in [2.05, 4.69) is 39.1 Å².